The summed E-state index contributed by atoms with van der Waals surface area (Å²) in [4.78, 5) is 20.5. The van der Waals surface area contributed by atoms with Crippen LogP contribution in [0.1, 0.15) is 27.7 Å². The molecule has 1 rings (SSSR count). The maximum absolute atomic E-state index is 11.4. The zero-order valence-corrected chi connectivity index (χ0v) is 13.5. The zero-order valence-electron chi connectivity index (χ0n) is 11.3. The van der Waals surface area contributed by atoms with Crippen molar-refractivity contribution < 1.29 is 0 Å². The molecule has 0 spiro atoms. The van der Waals surface area contributed by atoms with Crippen LogP contribution in [-0.4, -0.2) is 40.0 Å². The van der Waals surface area contributed by atoms with Crippen molar-refractivity contribution in [2.75, 3.05) is 18.4 Å². The van der Waals surface area contributed by atoms with Gasteiger partial charge in [0.05, 0.1) is 6.33 Å². The molecule has 0 amide bonds. The first-order valence-corrected chi connectivity index (χ1v) is 7.24. The number of nitrogens with one attached hydrogen (secondary N) is 2. The van der Waals surface area contributed by atoms with Crippen LogP contribution in [0.3, 0.4) is 0 Å². The Hall–Kier alpha value is -0.630. The first-order valence-electron chi connectivity index (χ1n) is 6.16. The summed E-state index contributed by atoms with van der Waals surface area (Å²) in [6, 6.07) is 1.02. The standard InChI is InChI=1S/C12H21IN4O/c1-8(2)17(9(3)4)6-5-14-11-10(13)12(18)16-7-15-11/h7-9H,5-6H2,1-4H3,(H2,14,15,16,18). The Balaban J connectivity index is 2.56. The van der Waals surface area contributed by atoms with Gasteiger partial charge in [-0.15, -0.1) is 0 Å². The van der Waals surface area contributed by atoms with Gasteiger partial charge in [-0.3, -0.25) is 9.69 Å². The number of aromatic nitrogens is 2. The topological polar surface area (TPSA) is 61.0 Å². The van der Waals surface area contributed by atoms with Crippen LogP contribution in [-0.2, 0) is 0 Å². The molecule has 0 fully saturated rings. The molecule has 5 nitrogen and oxygen atoms in total. The van der Waals surface area contributed by atoms with Crippen LogP contribution in [0.15, 0.2) is 11.1 Å². The number of anilines is 1. The van der Waals surface area contributed by atoms with Gasteiger partial charge in [0.15, 0.2) is 0 Å². The molecule has 1 aromatic rings. The lowest BCUT2D eigenvalue weighted by Gasteiger charge is -2.30. The molecule has 0 aromatic carbocycles. The van der Waals surface area contributed by atoms with Crippen LogP contribution < -0.4 is 10.9 Å². The van der Waals surface area contributed by atoms with Crippen molar-refractivity contribution in [1.29, 1.82) is 0 Å². The molecular weight excluding hydrogens is 343 g/mol. The van der Waals surface area contributed by atoms with Gasteiger partial charge in [0, 0.05) is 25.2 Å². The number of halogens is 1. The Morgan fingerprint density at radius 1 is 1.39 bits per heavy atom. The SMILES string of the molecule is CC(C)N(CCNc1nc[nH]c(=O)c1I)C(C)C. The number of nitrogens with zero attached hydrogens (tertiary/aromatic N) is 2. The zero-order chi connectivity index (χ0) is 13.7. The van der Waals surface area contributed by atoms with E-state index in [0.29, 0.717) is 21.5 Å². The fraction of sp³-hybridized carbons (Fsp3) is 0.667. The number of aromatic amines is 1. The van der Waals surface area contributed by atoms with Crippen molar-refractivity contribution in [3.05, 3.63) is 20.3 Å². The fourth-order valence-corrected chi connectivity index (χ4v) is 2.41. The lowest BCUT2D eigenvalue weighted by Crippen LogP contribution is -2.40. The van der Waals surface area contributed by atoms with E-state index in [1.165, 1.54) is 6.33 Å². The summed E-state index contributed by atoms with van der Waals surface area (Å²) in [6.07, 6.45) is 1.43. The average molecular weight is 364 g/mol. The highest BCUT2D eigenvalue weighted by Gasteiger charge is 2.13. The van der Waals surface area contributed by atoms with Crippen molar-refractivity contribution in [2.24, 2.45) is 0 Å². The Bertz CT molecular complexity index is 422. The second-order valence-corrected chi connectivity index (χ2v) is 5.83. The quantitative estimate of drug-likeness (QED) is 0.757. The molecule has 0 unspecified atom stereocenters. The minimum atomic E-state index is -0.0994. The van der Waals surface area contributed by atoms with E-state index in [0.717, 1.165) is 13.1 Å². The van der Waals surface area contributed by atoms with Gasteiger partial charge in [0.1, 0.15) is 9.39 Å². The Morgan fingerprint density at radius 3 is 2.56 bits per heavy atom. The lowest BCUT2D eigenvalue weighted by molar-refractivity contribution is 0.182. The highest BCUT2D eigenvalue weighted by molar-refractivity contribution is 14.1. The van der Waals surface area contributed by atoms with Crippen molar-refractivity contribution in [1.82, 2.24) is 14.9 Å². The molecule has 0 aliphatic rings. The molecule has 0 saturated carbocycles. The molecule has 0 aliphatic heterocycles. The summed E-state index contributed by atoms with van der Waals surface area (Å²) >= 11 is 2.01. The normalized spacial score (nSPS) is 11.6. The Labute approximate surface area is 122 Å². The van der Waals surface area contributed by atoms with Gasteiger partial charge in [-0.05, 0) is 50.3 Å². The largest absolute Gasteiger partial charge is 0.368 e. The number of rotatable bonds is 6. The summed E-state index contributed by atoms with van der Waals surface area (Å²) in [6.45, 7) is 10.5. The van der Waals surface area contributed by atoms with Gasteiger partial charge in [0.2, 0.25) is 0 Å². The fourth-order valence-electron chi connectivity index (χ4n) is 1.92. The molecule has 0 atom stereocenters. The van der Waals surface area contributed by atoms with Crippen LogP contribution in [0.4, 0.5) is 5.82 Å². The van der Waals surface area contributed by atoms with Gasteiger partial charge in [-0.2, -0.15) is 0 Å². The first kappa shape index (κ1) is 15.4. The molecule has 1 heterocycles. The maximum atomic E-state index is 11.4. The molecule has 0 aliphatic carbocycles. The second kappa shape index (κ2) is 7.08. The Kier molecular flexibility index (Phi) is 6.07. The van der Waals surface area contributed by atoms with Crippen LogP contribution in [0.2, 0.25) is 0 Å². The van der Waals surface area contributed by atoms with E-state index >= 15 is 0 Å². The minimum Gasteiger partial charge on any atom is -0.368 e. The van der Waals surface area contributed by atoms with E-state index < -0.39 is 0 Å². The highest BCUT2D eigenvalue weighted by atomic mass is 127. The van der Waals surface area contributed by atoms with Crippen molar-refractivity contribution in [3.63, 3.8) is 0 Å². The van der Waals surface area contributed by atoms with Gasteiger partial charge < -0.3 is 10.3 Å². The van der Waals surface area contributed by atoms with E-state index in [1.807, 2.05) is 22.6 Å². The number of H-pyrrole nitrogens is 1. The third-order valence-corrected chi connectivity index (χ3v) is 3.79. The molecule has 6 heteroatoms. The second-order valence-electron chi connectivity index (χ2n) is 4.75. The van der Waals surface area contributed by atoms with Crippen molar-refractivity contribution in [3.8, 4) is 0 Å². The minimum absolute atomic E-state index is 0.0994. The summed E-state index contributed by atoms with van der Waals surface area (Å²) in [5.74, 6) is 0.659. The molecule has 1 aromatic heterocycles. The van der Waals surface area contributed by atoms with E-state index in [2.05, 4.69) is 47.9 Å². The van der Waals surface area contributed by atoms with Crippen LogP contribution in [0.25, 0.3) is 0 Å². The van der Waals surface area contributed by atoms with Gasteiger partial charge in [-0.1, -0.05) is 0 Å². The summed E-state index contributed by atoms with van der Waals surface area (Å²) in [5.41, 5.74) is -0.0994. The van der Waals surface area contributed by atoms with Crippen molar-refractivity contribution in [2.45, 2.75) is 39.8 Å². The lowest BCUT2D eigenvalue weighted by atomic mass is 10.2. The average Bonchev–Trinajstić information content (AvgIpc) is 2.28. The van der Waals surface area contributed by atoms with Crippen LogP contribution in [0, 0.1) is 3.57 Å². The van der Waals surface area contributed by atoms with Gasteiger partial charge >= 0.3 is 0 Å². The monoisotopic (exact) mass is 364 g/mol. The van der Waals surface area contributed by atoms with Crippen LogP contribution in [0.5, 0.6) is 0 Å². The first-order chi connectivity index (χ1) is 8.43. The van der Waals surface area contributed by atoms with Gasteiger partial charge in [-0.25, -0.2) is 4.98 Å². The van der Waals surface area contributed by atoms with E-state index in [4.69, 9.17) is 0 Å². The van der Waals surface area contributed by atoms with E-state index in [-0.39, 0.29) is 5.56 Å². The van der Waals surface area contributed by atoms with E-state index in [1.54, 1.807) is 0 Å². The van der Waals surface area contributed by atoms with Crippen molar-refractivity contribution >= 4 is 28.4 Å². The molecular formula is C12H21IN4O. The highest BCUT2D eigenvalue weighted by Crippen LogP contribution is 2.09. The third-order valence-electron chi connectivity index (χ3n) is 2.79. The smallest absolute Gasteiger partial charge is 0.266 e. The molecule has 0 bridgehead atoms. The molecule has 0 saturated heterocycles. The Morgan fingerprint density at radius 2 is 2.00 bits per heavy atom. The van der Waals surface area contributed by atoms with E-state index in [9.17, 15) is 4.79 Å². The van der Waals surface area contributed by atoms with Gasteiger partial charge in [0.25, 0.3) is 5.56 Å². The number of hydrogen-bond acceptors (Lipinski definition) is 4. The molecule has 18 heavy (non-hydrogen) atoms. The predicted octanol–water partition coefficient (Wildman–Crippen LogP) is 1.91. The molecule has 2 N–H and O–H groups in total. The maximum Gasteiger partial charge on any atom is 0.266 e. The number of hydrogen-bond donors (Lipinski definition) is 2. The third kappa shape index (κ3) is 4.24. The molecule has 0 radical (unpaired) electrons. The summed E-state index contributed by atoms with van der Waals surface area (Å²) in [5, 5.41) is 3.21. The van der Waals surface area contributed by atoms with Crippen LogP contribution >= 0.6 is 22.6 Å². The molecule has 102 valence electrons. The summed E-state index contributed by atoms with van der Waals surface area (Å²) in [7, 11) is 0. The summed E-state index contributed by atoms with van der Waals surface area (Å²) < 4.78 is 0.607. The predicted molar refractivity (Wildman–Crippen MR) is 83.0 cm³/mol.